The number of nitrogens with one attached hydrogen (secondary N) is 1. The summed E-state index contributed by atoms with van der Waals surface area (Å²) in [6.45, 7) is 0. The van der Waals surface area contributed by atoms with Gasteiger partial charge in [-0.2, -0.15) is 0 Å². The Bertz CT molecular complexity index is 1150. The Morgan fingerprint density at radius 3 is 2.54 bits per heavy atom. The number of benzene rings is 3. The highest BCUT2D eigenvalue weighted by Crippen LogP contribution is 2.27. The van der Waals surface area contributed by atoms with E-state index in [2.05, 4.69) is 32.9 Å². The molecule has 4 aromatic rings. The summed E-state index contributed by atoms with van der Waals surface area (Å²) in [6.07, 6.45) is 0. The number of nitrogens with zero attached hydrogens (tertiary/aromatic N) is 2. The molecule has 0 saturated heterocycles. The monoisotopic (exact) mass is 483 g/mol. The van der Waals surface area contributed by atoms with Crippen molar-refractivity contribution in [3.63, 3.8) is 0 Å². The lowest BCUT2D eigenvalue weighted by molar-refractivity contribution is 0.102. The van der Waals surface area contributed by atoms with Gasteiger partial charge in [-0.25, -0.2) is 4.98 Å². The smallest absolute Gasteiger partial charge is 0.255 e. The molecule has 1 heterocycles. The normalized spacial score (nSPS) is 10.8. The maximum absolute atomic E-state index is 12.5. The zero-order valence-corrected chi connectivity index (χ0v) is 17.6. The third-order valence-corrected chi connectivity index (χ3v) is 5.03. The number of carbonyl (C=O) groups excluding carboxylic acids is 1. The Morgan fingerprint density at radius 1 is 1.04 bits per heavy atom. The molecule has 0 aliphatic carbocycles. The van der Waals surface area contributed by atoms with Crippen molar-refractivity contribution in [3.8, 4) is 11.5 Å². The fourth-order valence-corrected chi connectivity index (χ4v) is 3.41. The standard InChI is InChI=1S/C22H18IN3O2/c1-26(2)18-9-6-14(7-10-18)22-25-19-13-17(8-11-20(19)28-22)24-21(27)15-4-3-5-16(23)12-15/h3-13H,1-2H3,(H,24,27). The van der Waals surface area contributed by atoms with E-state index in [1.54, 1.807) is 6.07 Å². The Labute approximate surface area is 176 Å². The van der Waals surface area contributed by atoms with Gasteiger partial charge in [0.15, 0.2) is 5.58 Å². The van der Waals surface area contributed by atoms with Crippen molar-refractivity contribution in [2.45, 2.75) is 0 Å². The molecule has 4 rings (SSSR count). The maximum Gasteiger partial charge on any atom is 0.255 e. The van der Waals surface area contributed by atoms with Crippen molar-refractivity contribution >= 4 is 51.0 Å². The van der Waals surface area contributed by atoms with Crippen LogP contribution in [0, 0.1) is 3.57 Å². The lowest BCUT2D eigenvalue weighted by Crippen LogP contribution is -2.11. The van der Waals surface area contributed by atoms with Crippen LogP contribution in [-0.2, 0) is 0 Å². The van der Waals surface area contributed by atoms with Gasteiger partial charge in [0.2, 0.25) is 5.89 Å². The molecule has 1 N–H and O–H groups in total. The minimum atomic E-state index is -0.152. The number of aromatic nitrogens is 1. The molecule has 0 unspecified atom stereocenters. The van der Waals surface area contributed by atoms with Crippen LogP contribution in [0.3, 0.4) is 0 Å². The van der Waals surface area contributed by atoms with Crippen LogP contribution >= 0.6 is 22.6 Å². The SMILES string of the molecule is CN(C)c1ccc(-c2nc3cc(NC(=O)c4cccc(I)c4)ccc3o2)cc1. The second-order valence-corrected chi connectivity index (χ2v) is 7.85. The summed E-state index contributed by atoms with van der Waals surface area (Å²) in [5, 5.41) is 2.92. The molecule has 3 aromatic carbocycles. The summed E-state index contributed by atoms with van der Waals surface area (Å²) in [5.41, 5.74) is 4.70. The summed E-state index contributed by atoms with van der Waals surface area (Å²) >= 11 is 2.19. The van der Waals surface area contributed by atoms with Gasteiger partial charge in [0.05, 0.1) is 0 Å². The second kappa shape index (κ2) is 7.63. The van der Waals surface area contributed by atoms with E-state index >= 15 is 0 Å². The van der Waals surface area contributed by atoms with E-state index in [0.717, 1.165) is 14.8 Å². The van der Waals surface area contributed by atoms with Crippen LogP contribution in [0.5, 0.6) is 0 Å². The van der Waals surface area contributed by atoms with E-state index in [9.17, 15) is 4.79 Å². The summed E-state index contributed by atoms with van der Waals surface area (Å²) < 4.78 is 6.89. The Morgan fingerprint density at radius 2 is 1.82 bits per heavy atom. The fraction of sp³-hybridized carbons (Fsp3) is 0.0909. The molecule has 0 radical (unpaired) electrons. The average molecular weight is 483 g/mol. The summed E-state index contributed by atoms with van der Waals surface area (Å²) in [7, 11) is 4.00. The van der Waals surface area contributed by atoms with Crippen LogP contribution < -0.4 is 10.2 Å². The first-order valence-corrected chi connectivity index (χ1v) is 9.83. The van der Waals surface area contributed by atoms with E-state index in [1.165, 1.54) is 0 Å². The van der Waals surface area contributed by atoms with Gasteiger partial charge < -0.3 is 14.6 Å². The van der Waals surface area contributed by atoms with Crippen molar-refractivity contribution in [3.05, 3.63) is 75.9 Å². The second-order valence-electron chi connectivity index (χ2n) is 6.61. The third kappa shape index (κ3) is 3.87. The predicted molar refractivity (Wildman–Crippen MR) is 121 cm³/mol. The molecule has 0 atom stereocenters. The topological polar surface area (TPSA) is 58.4 Å². The predicted octanol–water partition coefficient (Wildman–Crippen LogP) is 5.42. The van der Waals surface area contributed by atoms with Crippen LogP contribution in [0.25, 0.3) is 22.6 Å². The molecule has 0 fully saturated rings. The van der Waals surface area contributed by atoms with Crippen LogP contribution in [0.2, 0.25) is 0 Å². The number of rotatable bonds is 4. The van der Waals surface area contributed by atoms with Gasteiger partial charge >= 0.3 is 0 Å². The van der Waals surface area contributed by atoms with E-state index in [-0.39, 0.29) is 5.91 Å². The van der Waals surface area contributed by atoms with Crippen LogP contribution in [0.4, 0.5) is 11.4 Å². The highest BCUT2D eigenvalue weighted by atomic mass is 127. The number of hydrogen-bond donors (Lipinski definition) is 1. The molecule has 0 spiro atoms. The van der Waals surface area contributed by atoms with E-state index in [0.29, 0.717) is 28.2 Å². The molecule has 5 nitrogen and oxygen atoms in total. The number of fused-ring (bicyclic) bond motifs is 1. The third-order valence-electron chi connectivity index (χ3n) is 4.36. The number of oxazole rings is 1. The molecular weight excluding hydrogens is 465 g/mol. The molecule has 1 aromatic heterocycles. The number of anilines is 2. The number of halogens is 1. The van der Waals surface area contributed by atoms with Crippen LogP contribution in [0.15, 0.2) is 71.1 Å². The first-order chi connectivity index (χ1) is 13.5. The zero-order chi connectivity index (χ0) is 19.7. The van der Waals surface area contributed by atoms with Gasteiger partial charge in [-0.1, -0.05) is 6.07 Å². The molecule has 0 bridgehead atoms. The van der Waals surface area contributed by atoms with E-state index in [4.69, 9.17) is 4.42 Å². The Kier molecular flexibility index (Phi) is 5.04. The van der Waals surface area contributed by atoms with E-state index < -0.39 is 0 Å². The van der Waals surface area contributed by atoms with Crippen LogP contribution in [-0.4, -0.2) is 25.0 Å². The highest BCUT2D eigenvalue weighted by molar-refractivity contribution is 14.1. The maximum atomic E-state index is 12.5. The van der Waals surface area contributed by atoms with Gasteiger partial charge in [-0.3, -0.25) is 4.79 Å². The summed E-state index contributed by atoms with van der Waals surface area (Å²) in [4.78, 5) is 19.1. The molecule has 0 aliphatic rings. The van der Waals surface area contributed by atoms with Crippen molar-refractivity contribution in [2.75, 3.05) is 24.3 Å². The van der Waals surface area contributed by atoms with E-state index in [1.807, 2.05) is 79.7 Å². The van der Waals surface area contributed by atoms with Gasteiger partial charge in [-0.15, -0.1) is 0 Å². The largest absolute Gasteiger partial charge is 0.436 e. The molecule has 0 saturated carbocycles. The van der Waals surface area contributed by atoms with Crippen molar-refractivity contribution in [1.82, 2.24) is 4.98 Å². The van der Waals surface area contributed by atoms with Crippen LogP contribution in [0.1, 0.15) is 10.4 Å². The Balaban J connectivity index is 1.58. The van der Waals surface area contributed by atoms with Gasteiger partial charge in [-0.05, 0) is 83.3 Å². The van der Waals surface area contributed by atoms with Gasteiger partial charge in [0.1, 0.15) is 5.52 Å². The van der Waals surface area contributed by atoms with Crippen molar-refractivity contribution in [2.24, 2.45) is 0 Å². The molecule has 6 heteroatoms. The van der Waals surface area contributed by atoms with Gasteiger partial charge in [0.25, 0.3) is 5.91 Å². The van der Waals surface area contributed by atoms with Gasteiger partial charge in [0, 0.05) is 40.2 Å². The minimum Gasteiger partial charge on any atom is -0.436 e. The molecular formula is C22H18IN3O2. The van der Waals surface area contributed by atoms with Crippen molar-refractivity contribution in [1.29, 1.82) is 0 Å². The first kappa shape index (κ1) is 18.5. The molecule has 0 aliphatic heterocycles. The zero-order valence-electron chi connectivity index (χ0n) is 15.4. The lowest BCUT2D eigenvalue weighted by Gasteiger charge is -2.11. The number of hydrogen-bond acceptors (Lipinski definition) is 4. The Hall–Kier alpha value is -2.87. The average Bonchev–Trinajstić information content (AvgIpc) is 3.11. The van der Waals surface area contributed by atoms with Crippen molar-refractivity contribution < 1.29 is 9.21 Å². The molecule has 28 heavy (non-hydrogen) atoms. The lowest BCUT2D eigenvalue weighted by atomic mass is 10.2. The molecule has 1 amide bonds. The minimum absolute atomic E-state index is 0.152. The summed E-state index contributed by atoms with van der Waals surface area (Å²) in [5.74, 6) is 0.405. The first-order valence-electron chi connectivity index (χ1n) is 8.75. The highest BCUT2D eigenvalue weighted by Gasteiger charge is 2.11. The quantitative estimate of drug-likeness (QED) is 0.394. The number of carbonyl (C=O) groups is 1. The summed E-state index contributed by atoms with van der Waals surface area (Å²) in [6, 6.07) is 20.9. The fourth-order valence-electron chi connectivity index (χ4n) is 2.86. The molecule has 140 valence electrons. The number of amides is 1.